The second kappa shape index (κ2) is 12.5. The minimum Gasteiger partial charge on any atom is -0.384 e. The molecule has 0 saturated carbocycles. The van der Waals surface area contributed by atoms with Gasteiger partial charge in [0.25, 0.3) is 0 Å². The van der Waals surface area contributed by atoms with E-state index < -0.39 is 0 Å². The maximum Gasteiger partial charge on any atom is 0.155 e. The Kier molecular flexibility index (Phi) is 8.47. The van der Waals surface area contributed by atoms with Crippen molar-refractivity contribution in [2.75, 3.05) is 25.4 Å². The minimum absolute atomic E-state index is 0.122. The molecule has 0 bridgehead atoms. The lowest BCUT2D eigenvalue weighted by Crippen LogP contribution is -2.36. The number of anilines is 1. The summed E-state index contributed by atoms with van der Waals surface area (Å²) in [5.74, 6) is 1.89. The zero-order valence-electron chi connectivity index (χ0n) is 25.5. The first-order valence-electron chi connectivity index (χ1n) is 15.3. The molecule has 3 aromatic heterocycles. The first-order valence-corrected chi connectivity index (χ1v) is 15.7. The molecule has 1 saturated heterocycles. The van der Waals surface area contributed by atoms with Crippen LogP contribution in [0.1, 0.15) is 73.5 Å². The van der Waals surface area contributed by atoms with Crippen LogP contribution in [0.5, 0.6) is 0 Å². The van der Waals surface area contributed by atoms with Crippen molar-refractivity contribution in [2.24, 2.45) is 5.92 Å². The number of rotatable bonds is 6. The van der Waals surface area contributed by atoms with Gasteiger partial charge in [0.05, 0.1) is 5.69 Å². The highest BCUT2D eigenvalue weighted by molar-refractivity contribution is 6.29. The highest BCUT2D eigenvalue weighted by atomic mass is 35.5. The smallest absolute Gasteiger partial charge is 0.155 e. The number of nitrogens with one attached hydrogen (secondary N) is 2. The molecule has 0 amide bonds. The van der Waals surface area contributed by atoms with Crippen LogP contribution in [0.2, 0.25) is 5.15 Å². The number of nitrogen functional groups attached to an aromatic ring is 1. The van der Waals surface area contributed by atoms with Gasteiger partial charge in [-0.15, -0.1) is 0 Å². The quantitative estimate of drug-likeness (QED) is 0.171. The Balaban J connectivity index is 1.15. The first-order chi connectivity index (χ1) is 21.2. The normalized spacial score (nSPS) is 17.4. The van der Waals surface area contributed by atoms with E-state index in [1.54, 1.807) is 12.1 Å². The second-order valence-electron chi connectivity index (χ2n) is 12.3. The van der Waals surface area contributed by atoms with Crippen LogP contribution >= 0.6 is 11.6 Å². The van der Waals surface area contributed by atoms with Crippen LogP contribution in [-0.2, 0) is 6.42 Å². The SMILES string of the molecule is CC1Cc2nccc(-c3ccc(N)nc3C(C)C)c2C=C1CN1CCC(c2ccc(C(=N)n3nc(Cl)ccc3=N)cc2)CC1. The molecule has 1 atom stereocenters. The fourth-order valence-corrected chi connectivity index (χ4v) is 6.61. The van der Waals surface area contributed by atoms with Gasteiger partial charge in [0.2, 0.25) is 0 Å². The molecule has 226 valence electrons. The van der Waals surface area contributed by atoms with Crippen LogP contribution < -0.4 is 11.2 Å². The summed E-state index contributed by atoms with van der Waals surface area (Å²) >= 11 is 6.00. The van der Waals surface area contributed by atoms with E-state index in [9.17, 15) is 0 Å². The summed E-state index contributed by atoms with van der Waals surface area (Å²) in [7, 11) is 0. The highest BCUT2D eigenvalue weighted by Gasteiger charge is 2.27. The maximum absolute atomic E-state index is 8.53. The average Bonchev–Trinajstić information content (AvgIpc) is 3.02. The summed E-state index contributed by atoms with van der Waals surface area (Å²) in [4.78, 5) is 12.1. The number of fused-ring (bicyclic) bond motifs is 1. The van der Waals surface area contributed by atoms with Gasteiger partial charge in [-0.05, 0) is 91.6 Å². The molecular weight excluding hydrogens is 568 g/mol. The lowest BCUT2D eigenvalue weighted by atomic mass is 9.82. The number of benzene rings is 1. The van der Waals surface area contributed by atoms with Crippen LogP contribution in [0.3, 0.4) is 0 Å². The summed E-state index contributed by atoms with van der Waals surface area (Å²) in [6, 6.07) is 17.4. The highest BCUT2D eigenvalue weighted by Crippen LogP contribution is 2.38. The topological polar surface area (TPSA) is 121 Å². The number of nitrogens with zero attached hydrogens (tertiary/aromatic N) is 5. The first kappa shape index (κ1) is 29.9. The molecule has 1 unspecified atom stereocenters. The Labute approximate surface area is 263 Å². The zero-order valence-corrected chi connectivity index (χ0v) is 26.3. The van der Waals surface area contributed by atoms with Gasteiger partial charge in [0.15, 0.2) is 5.84 Å². The van der Waals surface area contributed by atoms with Crippen LogP contribution in [-0.4, -0.2) is 50.1 Å². The van der Waals surface area contributed by atoms with Crippen LogP contribution in [0.4, 0.5) is 5.82 Å². The van der Waals surface area contributed by atoms with Gasteiger partial charge in [0, 0.05) is 35.1 Å². The molecule has 4 heterocycles. The third-order valence-corrected chi connectivity index (χ3v) is 9.18. The van der Waals surface area contributed by atoms with Gasteiger partial charge < -0.3 is 5.73 Å². The van der Waals surface area contributed by atoms with Crippen molar-refractivity contribution in [3.63, 3.8) is 0 Å². The van der Waals surface area contributed by atoms with Gasteiger partial charge in [-0.1, -0.05) is 68.3 Å². The van der Waals surface area contributed by atoms with Crippen molar-refractivity contribution < 1.29 is 0 Å². The van der Waals surface area contributed by atoms with Crippen LogP contribution in [0, 0.1) is 16.7 Å². The summed E-state index contributed by atoms with van der Waals surface area (Å²) in [5.41, 5.74) is 15.4. The predicted molar refractivity (Wildman–Crippen MR) is 177 cm³/mol. The van der Waals surface area contributed by atoms with E-state index in [2.05, 4.69) is 61.1 Å². The van der Waals surface area contributed by atoms with Gasteiger partial charge in [-0.25, -0.2) is 4.98 Å². The Hall–Kier alpha value is -4.14. The van der Waals surface area contributed by atoms with Crippen molar-refractivity contribution in [1.29, 1.82) is 10.8 Å². The number of hydrogen-bond donors (Lipinski definition) is 3. The molecule has 1 aliphatic heterocycles. The standard InChI is InChI=1S/C35H39ClN8/c1-21(2)34-28(8-10-32(37)41-34)27-12-15-40-30-18-22(3)26(19-29(27)30)20-43-16-13-24(14-17-43)23-4-6-25(7-5-23)35(39)44-33(38)11-9-31(36)42-44/h4-12,15,19,21-22,24,38-39H,13-14,16-18,20H2,1-3H3,(H2,37,41). The van der Waals surface area contributed by atoms with Gasteiger partial charge in [-0.2, -0.15) is 9.78 Å². The van der Waals surface area contributed by atoms with Crippen LogP contribution in [0.25, 0.3) is 17.2 Å². The molecular formula is C35H39ClN8. The second-order valence-corrected chi connectivity index (χ2v) is 12.7. The Morgan fingerprint density at radius 1 is 1.02 bits per heavy atom. The average molecular weight is 607 g/mol. The minimum atomic E-state index is 0.122. The maximum atomic E-state index is 8.53. The molecule has 1 aliphatic carbocycles. The van der Waals surface area contributed by atoms with Gasteiger partial charge in [-0.3, -0.25) is 20.7 Å². The van der Waals surface area contributed by atoms with E-state index in [1.165, 1.54) is 26.9 Å². The number of halogens is 1. The summed E-state index contributed by atoms with van der Waals surface area (Å²) in [6.07, 6.45) is 7.45. The van der Waals surface area contributed by atoms with Crippen molar-refractivity contribution in [3.05, 3.63) is 105 Å². The number of nitrogens with two attached hydrogens (primary N) is 1. The van der Waals surface area contributed by atoms with Gasteiger partial charge >= 0.3 is 0 Å². The molecule has 8 nitrogen and oxygen atoms in total. The van der Waals surface area contributed by atoms with E-state index in [0.29, 0.717) is 23.2 Å². The van der Waals surface area contributed by atoms with Gasteiger partial charge in [0.1, 0.15) is 16.5 Å². The van der Waals surface area contributed by atoms with E-state index in [0.717, 1.165) is 55.8 Å². The van der Waals surface area contributed by atoms with E-state index in [-0.39, 0.29) is 22.4 Å². The molecule has 9 heteroatoms. The molecule has 4 N–H and O–H groups in total. The molecule has 4 aromatic rings. The van der Waals surface area contributed by atoms with E-state index in [4.69, 9.17) is 38.1 Å². The monoisotopic (exact) mass is 606 g/mol. The molecule has 0 radical (unpaired) electrons. The number of hydrogen-bond acceptors (Lipinski definition) is 7. The van der Waals surface area contributed by atoms with Crippen molar-refractivity contribution in [1.82, 2.24) is 24.6 Å². The zero-order chi connectivity index (χ0) is 31.0. The molecule has 0 spiro atoms. The number of likely N-dealkylation sites (tertiary alicyclic amines) is 1. The number of piperidine rings is 1. The summed E-state index contributed by atoms with van der Waals surface area (Å²) < 4.78 is 1.25. The van der Waals surface area contributed by atoms with Crippen molar-refractivity contribution in [2.45, 2.75) is 51.9 Å². The molecule has 2 aliphatic rings. The Morgan fingerprint density at radius 3 is 2.50 bits per heavy atom. The number of aromatic nitrogens is 4. The Bertz CT molecular complexity index is 1780. The summed E-state index contributed by atoms with van der Waals surface area (Å²) in [6.45, 7) is 9.70. The summed E-state index contributed by atoms with van der Waals surface area (Å²) in [5, 5.41) is 21.0. The van der Waals surface area contributed by atoms with E-state index in [1.807, 2.05) is 24.4 Å². The molecule has 44 heavy (non-hydrogen) atoms. The third-order valence-electron chi connectivity index (χ3n) is 8.98. The lowest BCUT2D eigenvalue weighted by Gasteiger charge is -2.35. The largest absolute Gasteiger partial charge is 0.384 e. The van der Waals surface area contributed by atoms with E-state index >= 15 is 0 Å². The third kappa shape index (κ3) is 6.10. The molecule has 1 aromatic carbocycles. The molecule has 6 rings (SSSR count). The fourth-order valence-electron chi connectivity index (χ4n) is 6.47. The lowest BCUT2D eigenvalue weighted by molar-refractivity contribution is 0.223. The Morgan fingerprint density at radius 2 is 1.77 bits per heavy atom. The van der Waals surface area contributed by atoms with Crippen LogP contribution in [0.15, 0.2) is 66.4 Å². The van der Waals surface area contributed by atoms with Crippen molar-refractivity contribution in [3.8, 4) is 11.1 Å². The fraction of sp³-hybridized carbons (Fsp3) is 0.343. The van der Waals surface area contributed by atoms with Crippen molar-refractivity contribution >= 4 is 29.3 Å². The predicted octanol–water partition coefficient (Wildman–Crippen LogP) is 6.51. The molecule has 1 fully saturated rings. The number of pyridine rings is 2.